The Bertz CT molecular complexity index is 348. The summed E-state index contributed by atoms with van der Waals surface area (Å²) in [6.07, 6.45) is 7.38. The van der Waals surface area contributed by atoms with Crippen LogP contribution in [0.15, 0.2) is 24.5 Å². The molecule has 1 aromatic heterocycles. The molecule has 1 saturated heterocycles. The van der Waals surface area contributed by atoms with Gasteiger partial charge in [0.05, 0.1) is 6.10 Å². The summed E-state index contributed by atoms with van der Waals surface area (Å²) in [7, 11) is 0. The summed E-state index contributed by atoms with van der Waals surface area (Å²) >= 11 is 0. The van der Waals surface area contributed by atoms with Gasteiger partial charge in [-0.2, -0.15) is 0 Å². The van der Waals surface area contributed by atoms with Crippen molar-refractivity contribution in [3.8, 4) is 0 Å². The minimum atomic E-state index is 0.0874. The molecule has 1 aliphatic heterocycles. The van der Waals surface area contributed by atoms with Crippen LogP contribution in [0.1, 0.15) is 31.2 Å². The number of rotatable bonds is 5. The van der Waals surface area contributed by atoms with E-state index in [-0.39, 0.29) is 5.91 Å². The molecule has 0 spiro atoms. The third-order valence-corrected chi connectivity index (χ3v) is 2.93. The van der Waals surface area contributed by atoms with Gasteiger partial charge in [-0.3, -0.25) is 9.78 Å². The van der Waals surface area contributed by atoms with E-state index in [1.165, 1.54) is 0 Å². The van der Waals surface area contributed by atoms with Crippen LogP contribution in [0.25, 0.3) is 0 Å². The molecule has 4 heteroatoms. The van der Waals surface area contributed by atoms with E-state index in [0.717, 1.165) is 31.4 Å². The summed E-state index contributed by atoms with van der Waals surface area (Å²) in [5, 5.41) is 2.89. The molecule has 2 rings (SSSR count). The fourth-order valence-electron chi connectivity index (χ4n) is 1.96. The molecule has 1 aromatic rings. The maximum Gasteiger partial charge on any atom is 0.220 e. The van der Waals surface area contributed by atoms with Gasteiger partial charge in [0.25, 0.3) is 0 Å². The van der Waals surface area contributed by atoms with Gasteiger partial charge in [0.2, 0.25) is 5.91 Å². The van der Waals surface area contributed by atoms with Gasteiger partial charge in [-0.15, -0.1) is 0 Å². The summed E-state index contributed by atoms with van der Waals surface area (Å²) in [5.74, 6) is 0.0874. The Balaban J connectivity index is 1.64. The van der Waals surface area contributed by atoms with Crippen LogP contribution in [0, 0.1) is 0 Å². The lowest BCUT2D eigenvalue weighted by Crippen LogP contribution is -2.23. The largest absolute Gasteiger partial charge is 0.378 e. The number of nitrogens with zero attached hydrogens (tertiary/aromatic N) is 1. The first kappa shape index (κ1) is 12.0. The highest BCUT2D eigenvalue weighted by Gasteiger charge is 2.16. The predicted octanol–water partition coefficient (Wildman–Crippen LogP) is 1.66. The average Bonchev–Trinajstić information content (AvgIpc) is 2.88. The summed E-state index contributed by atoms with van der Waals surface area (Å²) in [5.41, 5.74) is 1.03. The van der Waals surface area contributed by atoms with Gasteiger partial charge in [-0.25, -0.2) is 0 Å². The zero-order chi connectivity index (χ0) is 11.9. The van der Waals surface area contributed by atoms with Gasteiger partial charge < -0.3 is 10.1 Å². The van der Waals surface area contributed by atoms with E-state index in [0.29, 0.717) is 19.1 Å². The van der Waals surface area contributed by atoms with Crippen molar-refractivity contribution in [2.45, 2.75) is 38.3 Å². The van der Waals surface area contributed by atoms with Crippen LogP contribution in [0.2, 0.25) is 0 Å². The zero-order valence-corrected chi connectivity index (χ0v) is 9.89. The molecule has 0 saturated carbocycles. The van der Waals surface area contributed by atoms with Crippen molar-refractivity contribution in [1.82, 2.24) is 10.3 Å². The number of ether oxygens (including phenoxy) is 1. The molecule has 0 aromatic carbocycles. The van der Waals surface area contributed by atoms with Crippen molar-refractivity contribution in [2.75, 3.05) is 6.61 Å². The second-order valence-corrected chi connectivity index (χ2v) is 4.31. The van der Waals surface area contributed by atoms with Crippen LogP contribution in [-0.2, 0) is 16.1 Å². The number of hydrogen-bond acceptors (Lipinski definition) is 3. The second-order valence-electron chi connectivity index (χ2n) is 4.31. The summed E-state index contributed by atoms with van der Waals surface area (Å²) in [6.45, 7) is 1.40. The Labute approximate surface area is 101 Å². The number of hydrogen-bond donors (Lipinski definition) is 1. The highest BCUT2D eigenvalue weighted by molar-refractivity contribution is 5.75. The Hall–Kier alpha value is -1.42. The first-order valence-electron chi connectivity index (χ1n) is 6.12. The first-order valence-corrected chi connectivity index (χ1v) is 6.12. The summed E-state index contributed by atoms with van der Waals surface area (Å²) in [4.78, 5) is 15.6. The molecule has 0 bridgehead atoms. The van der Waals surface area contributed by atoms with E-state index in [4.69, 9.17) is 4.74 Å². The molecular weight excluding hydrogens is 216 g/mol. The second kappa shape index (κ2) is 6.35. The SMILES string of the molecule is O=C(CC[C@@H]1CCCO1)NCc1cccnc1. The minimum absolute atomic E-state index is 0.0874. The molecule has 1 fully saturated rings. The van der Waals surface area contributed by atoms with E-state index in [1.54, 1.807) is 12.4 Å². The fourth-order valence-corrected chi connectivity index (χ4v) is 1.96. The number of nitrogens with one attached hydrogen (secondary N) is 1. The average molecular weight is 234 g/mol. The topological polar surface area (TPSA) is 51.2 Å². The van der Waals surface area contributed by atoms with E-state index in [1.807, 2.05) is 12.1 Å². The Morgan fingerprint density at radius 1 is 1.59 bits per heavy atom. The van der Waals surface area contributed by atoms with Crippen molar-refractivity contribution < 1.29 is 9.53 Å². The van der Waals surface area contributed by atoms with Gasteiger partial charge in [0, 0.05) is 32.0 Å². The number of pyridine rings is 1. The molecule has 2 heterocycles. The van der Waals surface area contributed by atoms with Crippen LogP contribution in [-0.4, -0.2) is 23.6 Å². The number of amides is 1. The molecular formula is C13H18N2O2. The Kier molecular flexibility index (Phi) is 4.50. The van der Waals surface area contributed by atoms with Crippen molar-refractivity contribution >= 4 is 5.91 Å². The van der Waals surface area contributed by atoms with Crippen molar-refractivity contribution in [3.63, 3.8) is 0 Å². The maximum atomic E-state index is 11.6. The molecule has 0 unspecified atom stereocenters. The highest BCUT2D eigenvalue weighted by Crippen LogP contribution is 2.16. The van der Waals surface area contributed by atoms with Crippen LogP contribution < -0.4 is 5.32 Å². The van der Waals surface area contributed by atoms with E-state index < -0.39 is 0 Å². The van der Waals surface area contributed by atoms with E-state index >= 15 is 0 Å². The van der Waals surface area contributed by atoms with Gasteiger partial charge in [-0.1, -0.05) is 6.07 Å². The predicted molar refractivity (Wildman–Crippen MR) is 64.3 cm³/mol. The van der Waals surface area contributed by atoms with Crippen LogP contribution in [0.5, 0.6) is 0 Å². The van der Waals surface area contributed by atoms with Crippen LogP contribution >= 0.6 is 0 Å². The lowest BCUT2D eigenvalue weighted by atomic mass is 10.1. The number of carbonyl (C=O) groups excluding carboxylic acids is 1. The Morgan fingerprint density at radius 3 is 3.24 bits per heavy atom. The molecule has 0 aliphatic carbocycles. The molecule has 0 radical (unpaired) electrons. The summed E-state index contributed by atoms with van der Waals surface area (Å²) in [6, 6.07) is 3.82. The molecule has 1 atom stereocenters. The number of aromatic nitrogens is 1. The van der Waals surface area contributed by atoms with Gasteiger partial charge in [0.15, 0.2) is 0 Å². The fraction of sp³-hybridized carbons (Fsp3) is 0.538. The Morgan fingerprint density at radius 2 is 2.53 bits per heavy atom. The van der Waals surface area contributed by atoms with Crippen LogP contribution in [0.4, 0.5) is 0 Å². The molecule has 17 heavy (non-hydrogen) atoms. The molecule has 1 amide bonds. The van der Waals surface area contributed by atoms with Crippen molar-refractivity contribution in [3.05, 3.63) is 30.1 Å². The standard InChI is InChI=1S/C13H18N2O2/c16-13(6-5-12-4-2-8-17-12)15-10-11-3-1-7-14-9-11/h1,3,7,9,12H,2,4-6,8,10H2,(H,15,16)/t12-/m0/s1. The monoisotopic (exact) mass is 234 g/mol. The van der Waals surface area contributed by atoms with Gasteiger partial charge >= 0.3 is 0 Å². The normalized spacial score (nSPS) is 19.2. The highest BCUT2D eigenvalue weighted by atomic mass is 16.5. The molecule has 1 N–H and O–H groups in total. The van der Waals surface area contributed by atoms with Crippen molar-refractivity contribution in [2.24, 2.45) is 0 Å². The smallest absolute Gasteiger partial charge is 0.220 e. The quantitative estimate of drug-likeness (QED) is 0.843. The van der Waals surface area contributed by atoms with Gasteiger partial charge in [0.1, 0.15) is 0 Å². The minimum Gasteiger partial charge on any atom is -0.378 e. The number of carbonyl (C=O) groups is 1. The molecule has 1 aliphatic rings. The van der Waals surface area contributed by atoms with E-state index in [9.17, 15) is 4.79 Å². The summed E-state index contributed by atoms with van der Waals surface area (Å²) < 4.78 is 5.48. The lowest BCUT2D eigenvalue weighted by Gasteiger charge is -2.09. The van der Waals surface area contributed by atoms with E-state index in [2.05, 4.69) is 10.3 Å². The maximum absolute atomic E-state index is 11.6. The van der Waals surface area contributed by atoms with Crippen molar-refractivity contribution in [1.29, 1.82) is 0 Å². The third kappa shape index (κ3) is 4.15. The first-order chi connectivity index (χ1) is 8.34. The molecule has 4 nitrogen and oxygen atoms in total. The van der Waals surface area contributed by atoms with Gasteiger partial charge in [-0.05, 0) is 30.9 Å². The third-order valence-electron chi connectivity index (χ3n) is 2.93. The lowest BCUT2D eigenvalue weighted by molar-refractivity contribution is -0.121. The molecule has 92 valence electrons. The van der Waals surface area contributed by atoms with Crippen LogP contribution in [0.3, 0.4) is 0 Å². The zero-order valence-electron chi connectivity index (χ0n) is 9.89.